The Morgan fingerprint density at radius 2 is 2.21 bits per heavy atom. The van der Waals surface area contributed by atoms with Gasteiger partial charge in [-0.05, 0) is 58.1 Å². The molecule has 0 saturated carbocycles. The molecule has 1 aromatic carbocycles. The minimum Gasteiger partial charge on any atom is -0.388 e. The zero-order valence-electron chi connectivity index (χ0n) is 10.2. The summed E-state index contributed by atoms with van der Waals surface area (Å²) in [6.07, 6.45) is 3.18. The summed E-state index contributed by atoms with van der Waals surface area (Å²) in [6, 6.07) is 9.60. The normalized spacial score (nSPS) is 19.2. The zero-order valence-corrected chi connectivity index (χ0v) is 12.5. The molecule has 1 aromatic heterocycles. The number of halogens is 2. The number of benzene rings is 1. The maximum Gasteiger partial charge on any atom is 0.0874 e. The van der Waals surface area contributed by atoms with E-state index in [-0.39, 0.29) is 5.92 Å². The molecule has 1 aliphatic rings. The highest BCUT2D eigenvalue weighted by Crippen LogP contribution is 2.41. The van der Waals surface area contributed by atoms with E-state index in [1.807, 2.05) is 18.2 Å². The van der Waals surface area contributed by atoms with Crippen LogP contribution in [0.3, 0.4) is 0 Å². The summed E-state index contributed by atoms with van der Waals surface area (Å²) in [4.78, 5) is 4.43. The Bertz CT molecular complexity index is 617. The third-order valence-electron chi connectivity index (χ3n) is 3.67. The lowest BCUT2D eigenvalue weighted by Crippen LogP contribution is -2.09. The van der Waals surface area contributed by atoms with Crippen molar-refractivity contribution in [3.05, 3.63) is 62.8 Å². The Hall–Kier alpha value is -0.900. The molecule has 2 nitrogen and oxygen atoms in total. The van der Waals surface area contributed by atoms with Gasteiger partial charge < -0.3 is 5.11 Å². The van der Waals surface area contributed by atoms with Gasteiger partial charge in [-0.15, -0.1) is 0 Å². The first kappa shape index (κ1) is 13.1. The molecular formula is C15H13BrClNO. The SMILES string of the molecule is OC(c1ccc(Cl)c(Br)c1)C1CCc2cccnc21. The highest BCUT2D eigenvalue weighted by atomic mass is 79.9. The monoisotopic (exact) mass is 337 g/mol. The zero-order chi connectivity index (χ0) is 13.4. The summed E-state index contributed by atoms with van der Waals surface area (Å²) >= 11 is 9.38. The Kier molecular flexibility index (Phi) is 3.61. The molecule has 1 aliphatic carbocycles. The van der Waals surface area contributed by atoms with Crippen molar-refractivity contribution in [3.8, 4) is 0 Å². The molecule has 0 radical (unpaired) electrons. The molecule has 0 saturated heterocycles. The molecule has 2 aromatic rings. The summed E-state index contributed by atoms with van der Waals surface area (Å²) in [5.41, 5.74) is 3.15. The van der Waals surface area contributed by atoms with Crippen LogP contribution in [-0.4, -0.2) is 10.1 Å². The van der Waals surface area contributed by atoms with E-state index in [9.17, 15) is 5.11 Å². The minimum absolute atomic E-state index is 0.0734. The first-order valence-electron chi connectivity index (χ1n) is 6.23. The van der Waals surface area contributed by atoms with Crippen molar-refractivity contribution >= 4 is 27.5 Å². The van der Waals surface area contributed by atoms with Gasteiger partial charge in [0.1, 0.15) is 0 Å². The molecule has 0 spiro atoms. The van der Waals surface area contributed by atoms with Gasteiger partial charge in [0.25, 0.3) is 0 Å². The molecule has 0 amide bonds. The van der Waals surface area contributed by atoms with Crippen LogP contribution >= 0.6 is 27.5 Å². The van der Waals surface area contributed by atoms with Gasteiger partial charge in [-0.1, -0.05) is 23.7 Å². The Morgan fingerprint density at radius 1 is 1.37 bits per heavy atom. The summed E-state index contributed by atoms with van der Waals surface area (Å²) < 4.78 is 0.810. The lowest BCUT2D eigenvalue weighted by atomic mass is 9.93. The highest BCUT2D eigenvalue weighted by Gasteiger charge is 2.30. The third-order valence-corrected chi connectivity index (χ3v) is 4.88. The molecule has 2 unspecified atom stereocenters. The van der Waals surface area contributed by atoms with E-state index >= 15 is 0 Å². The predicted octanol–water partition coefficient (Wildman–Crippen LogP) is 4.26. The van der Waals surface area contributed by atoms with Crippen molar-refractivity contribution in [1.29, 1.82) is 0 Å². The number of hydrogen-bond acceptors (Lipinski definition) is 2. The van der Waals surface area contributed by atoms with Crippen LogP contribution in [0.2, 0.25) is 5.02 Å². The van der Waals surface area contributed by atoms with Gasteiger partial charge in [0.15, 0.2) is 0 Å². The quantitative estimate of drug-likeness (QED) is 0.887. The molecular weight excluding hydrogens is 326 g/mol. The van der Waals surface area contributed by atoms with Gasteiger partial charge in [-0.3, -0.25) is 4.98 Å². The molecule has 19 heavy (non-hydrogen) atoms. The van der Waals surface area contributed by atoms with Gasteiger partial charge in [-0.2, -0.15) is 0 Å². The number of hydrogen-bond donors (Lipinski definition) is 1. The maximum absolute atomic E-state index is 10.6. The van der Waals surface area contributed by atoms with Gasteiger partial charge in [-0.25, -0.2) is 0 Å². The molecule has 98 valence electrons. The Labute approximate surface area is 125 Å². The number of nitrogens with zero attached hydrogens (tertiary/aromatic N) is 1. The number of aliphatic hydroxyl groups excluding tert-OH is 1. The molecule has 0 aliphatic heterocycles. The van der Waals surface area contributed by atoms with Crippen LogP contribution in [0.25, 0.3) is 0 Å². The van der Waals surface area contributed by atoms with Crippen LogP contribution < -0.4 is 0 Å². The van der Waals surface area contributed by atoms with Crippen molar-refractivity contribution in [2.24, 2.45) is 0 Å². The first-order chi connectivity index (χ1) is 9.16. The first-order valence-corrected chi connectivity index (χ1v) is 7.40. The number of aryl methyl sites for hydroxylation is 1. The molecule has 0 fully saturated rings. The van der Waals surface area contributed by atoms with Crippen molar-refractivity contribution < 1.29 is 5.11 Å². The number of aliphatic hydroxyl groups is 1. The van der Waals surface area contributed by atoms with Crippen molar-refractivity contribution in [2.75, 3.05) is 0 Å². The summed E-state index contributed by atoms with van der Waals surface area (Å²) in [5, 5.41) is 11.2. The van der Waals surface area contributed by atoms with Crippen molar-refractivity contribution in [1.82, 2.24) is 4.98 Å². The summed E-state index contributed by atoms with van der Waals surface area (Å²) in [5.74, 6) is 0.0734. The fourth-order valence-electron chi connectivity index (χ4n) is 2.68. The van der Waals surface area contributed by atoms with E-state index in [0.29, 0.717) is 5.02 Å². The topological polar surface area (TPSA) is 33.1 Å². The number of aromatic nitrogens is 1. The van der Waals surface area contributed by atoms with E-state index in [2.05, 4.69) is 27.0 Å². The van der Waals surface area contributed by atoms with E-state index in [1.165, 1.54) is 5.56 Å². The van der Waals surface area contributed by atoms with Crippen LogP contribution in [0.15, 0.2) is 41.0 Å². The summed E-state index contributed by atoms with van der Waals surface area (Å²) in [7, 11) is 0. The predicted molar refractivity (Wildman–Crippen MR) is 79.4 cm³/mol. The number of rotatable bonds is 2. The van der Waals surface area contributed by atoms with E-state index in [4.69, 9.17) is 11.6 Å². The van der Waals surface area contributed by atoms with Gasteiger partial charge in [0.05, 0.1) is 11.1 Å². The van der Waals surface area contributed by atoms with Crippen LogP contribution in [0.5, 0.6) is 0 Å². The van der Waals surface area contributed by atoms with Crippen LogP contribution in [0.4, 0.5) is 0 Å². The molecule has 1 N–H and O–H groups in total. The second kappa shape index (κ2) is 5.23. The van der Waals surface area contributed by atoms with E-state index < -0.39 is 6.10 Å². The van der Waals surface area contributed by atoms with Gasteiger partial charge in [0.2, 0.25) is 0 Å². The lowest BCUT2D eigenvalue weighted by Gasteiger charge is -2.19. The van der Waals surface area contributed by atoms with Crippen molar-refractivity contribution in [3.63, 3.8) is 0 Å². The standard InChI is InChI=1S/C15H13BrClNO/c16-12-8-10(4-6-13(12)17)15(19)11-5-3-9-2-1-7-18-14(9)11/h1-2,4,6-8,11,15,19H,3,5H2. The molecule has 1 heterocycles. The second-order valence-electron chi connectivity index (χ2n) is 4.81. The fraction of sp³-hybridized carbons (Fsp3) is 0.267. The molecule has 3 rings (SSSR count). The van der Waals surface area contributed by atoms with Gasteiger partial charge >= 0.3 is 0 Å². The summed E-state index contributed by atoms with van der Waals surface area (Å²) in [6.45, 7) is 0. The number of pyridine rings is 1. The van der Waals surface area contributed by atoms with Crippen LogP contribution in [-0.2, 0) is 6.42 Å². The maximum atomic E-state index is 10.6. The smallest absolute Gasteiger partial charge is 0.0874 e. The van der Waals surface area contributed by atoms with Crippen LogP contribution in [0, 0.1) is 0 Å². The Balaban J connectivity index is 1.93. The molecule has 0 bridgehead atoms. The third kappa shape index (κ3) is 2.42. The second-order valence-corrected chi connectivity index (χ2v) is 6.07. The largest absolute Gasteiger partial charge is 0.388 e. The van der Waals surface area contributed by atoms with E-state index in [1.54, 1.807) is 12.3 Å². The van der Waals surface area contributed by atoms with Gasteiger partial charge in [0, 0.05) is 22.3 Å². The number of fused-ring (bicyclic) bond motifs is 1. The average molecular weight is 339 g/mol. The lowest BCUT2D eigenvalue weighted by molar-refractivity contribution is 0.143. The van der Waals surface area contributed by atoms with E-state index in [0.717, 1.165) is 28.6 Å². The fourth-order valence-corrected chi connectivity index (χ4v) is 3.19. The molecule has 4 heteroatoms. The van der Waals surface area contributed by atoms with Crippen molar-refractivity contribution in [2.45, 2.75) is 24.9 Å². The molecule has 2 atom stereocenters. The minimum atomic E-state index is -0.537. The van der Waals surface area contributed by atoms with Crippen LogP contribution in [0.1, 0.15) is 35.3 Å². The Morgan fingerprint density at radius 3 is 3.00 bits per heavy atom. The average Bonchev–Trinajstić information content (AvgIpc) is 2.85. The highest BCUT2D eigenvalue weighted by molar-refractivity contribution is 9.10.